The fraction of sp³-hybridized carbons (Fsp3) is 0.308. The molecular weight excluding hydrogens is 258 g/mol. The number of rotatable bonds is 5. The minimum Gasteiger partial charge on any atom is -0.369 e. The minimum atomic E-state index is 0.897. The molecule has 19 heavy (non-hydrogen) atoms. The number of thiophene rings is 1. The second-order valence-electron chi connectivity index (χ2n) is 4.41. The molecule has 0 aliphatic heterocycles. The molecule has 3 aromatic rings. The summed E-state index contributed by atoms with van der Waals surface area (Å²) in [5.74, 6) is 0.934. The van der Waals surface area contributed by atoms with Crippen molar-refractivity contribution in [2.24, 2.45) is 0 Å². The van der Waals surface area contributed by atoms with Crippen LogP contribution >= 0.6 is 11.3 Å². The Bertz CT molecular complexity index is 672. The van der Waals surface area contributed by atoms with E-state index in [9.17, 15) is 0 Å². The number of hydrogen-bond acceptors (Lipinski definition) is 5. The fourth-order valence-electron chi connectivity index (χ4n) is 2.03. The molecule has 6 heteroatoms. The van der Waals surface area contributed by atoms with E-state index in [1.165, 1.54) is 5.56 Å². The zero-order valence-electron chi connectivity index (χ0n) is 10.7. The summed E-state index contributed by atoms with van der Waals surface area (Å²) in [4.78, 5) is 8.53. The second kappa shape index (κ2) is 5.36. The summed E-state index contributed by atoms with van der Waals surface area (Å²) in [5.41, 5.74) is 3.45. The normalized spacial score (nSPS) is 11.0. The molecule has 0 saturated carbocycles. The molecule has 3 aromatic heterocycles. The number of hydrogen-bond donors (Lipinski definition) is 2. The number of fused-ring (bicyclic) bond motifs is 1. The van der Waals surface area contributed by atoms with Gasteiger partial charge in [0.05, 0.1) is 16.4 Å². The smallest absolute Gasteiger partial charge is 0.147 e. The highest BCUT2D eigenvalue weighted by atomic mass is 32.1. The van der Waals surface area contributed by atoms with Crippen molar-refractivity contribution in [3.05, 3.63) is 35.2 Å². The summed E-state index contributed by atoms with van der Waals surface area (Å²) >= 11 is 1.67. The first kappa shape index (κ1) is 12.1. The van der Waals surface area contributed by atoms with Gasteiger partial charge in [-0.2, -0.15) is 5.10 Å². The predicted octanol–water partition coefficient (Wildman–Crippen LogP) is 2.77. The van der Waals surface area contributed by atoms with E-state index in [0.29, 0.717) is 0 Å². The van der Waals surface area contributed by atoms with Gasteiger partial charge >= 0.3 is 0 Å². The van der Waals surface area contributed by atoms with Crippen molar-refractivity contribution >= 4 is 27.4 Å². The Kier molecular flexibility index (Phi) is 3.41. The standard InChI is InChI=1S/C13H15N5S/c1-9-10(7-17-18-9)3-2-5-14-13-12-11(4-6-19-12)15-8-16-13/h4,6-8H,2-3,5H2,1H3,(H,17,18)(H,14,15,16). The zero-order chi connectivity index (χ0) is 13.1. The van der Waals surface area contributed by atoms with Crippen LogP contribution in [0.25, 0.3) is 10.2 Å². The monoisotopic (exact) mass is 273 g/mol. The molecular formula is C13H15N5S. The Morgan fingerprint density at radius 3 is 3.16 bits per heavy atom. The largest absolute Gasteiger partial charge is 0.369 e. The number of aromatic amines is 1. The molecule has 0 saturated heterocycles. The first-order chi connectivity index (χ1) is 9.34. The topological polar surface area (TPSA) is 66.5 Å². The zero-order valence-corrected chi connectivity index (χ0v) is 11.5. The summed E-state index contributed by atoms with van der Waals surface area (Å²) in [5, 5.41) is 12.4. The van der Waals surface area contributed by atoms with E-state index < -0.39 is 0 Å². The lowest BCUT2D eigenvalue weighted by atomic mass is 10.1. The van der Waals surface area contributed by atoms with Gasteiger partial charge in [0.15, 0.2) is 0 Å². The van der Waals surface area contributed by atoms with E-state index in [4.69, 9.17) is 0 Å². The van der Waals surface area contributed by atoms with Crippen LogP contribution in [0.1, 0.15) is 17.7 Å². The fourth-order valence-corrected chi connectivity index (χ4v) is 2.84. The van der Waals surface area contributed by atoms with Gasteiger partial charge in [-0.15, -0.1) is 11.3 Å². The van der Waals surface area contributed by atoms with Crippen molar-refractivity contribution in [1.82, 2.24) is 20.2 Å². The lowest BCUT2D eigenvalue weighted by Gasteiger charge is -2.05. The SMILES string of the molecule is Cc1[nH]ncc1CCCNc1ncnc2ccsc12. The lowest BCUT2D eigenvalue weighted by Crippen LogP contribution is -2.05. The summed E-state index contributed by atoms with van der Waals surface area (Å²) in [6.45, 7) is 2.95. The number of H-pyrrole nitrogens is 1. The van der Waals surface area contributed by atoms with Crippen LogP contribution in [0.2, 0.25) is 0 Å². The van der Waals surface area contributed by atoms with Crippen LogP contribution in [-0.2, 0) is 6.42 Å². The van der Waals surface area contributed by atoms with Crippen molar-refractivity contribution in [3.63, 3.8) is 0 Å². The third-order valence-corrected chi connectivity index (χ3v) is 4.00. The molecule has 98 valence electrons. The van der Waals surface area contributed by atoms with Gasteiger partial charge in [-0.25, -0.2) is 9.97 Å². The molecule has 0 aromatic carbocycles. The number of aryl methyl sites for hydroxylation is 2. The van der Waals surface area contributed by atoms with Crippen LogP contribution in [0.3, 0.4) is 0 Å². The van der Waals surface area contributed by atoms with Gasteiger partial charge in [-0.1, -0.05) is 0 Å². The molecule has 0 aliphatic rings. The molecule has 3 heterocycles. The molecule has 0 spiro atoms. The van der Waals surface area contributed by atoms with Gasteiger partial charge in [0.1, 0.15) is 12.1 Å². The van der Waals surface area contributed by atoms with Gasteiger partial charge in [-0.3, -0.25) is 5.10 Å². The third kappa shape index (κ3) is 2.58. The molecule has 0 unspecified atom stereocenters. The Morgan fingerprint density at radius 2 is 2.32 bits per heavy atom. The van der Waals surface area contributed by atoms with Crippen molar-refractivity contribution in [2.75, 3.05) is 11.9 Å². The van der Waals surface area contributed by atoms with Crippen molar-refractivity contribution in [1.29, 1.82) is 0 Å². The van der Waals surface area contributed by atoms with Crippen molar-refractivity contribution < 1.29 is 0 Å². The lowest BCUT2D eigenvalue weighted by molar-refractivity contribution is 0.854. The highest BCUT2D eigenvalue weighted by molar-refractivity contribution is 7.17. The number of anilines is 1. The predicted molar refractivity (Wildman–Crippen MR) is 77.6 cm³/mol. The molecule has 2 N–H and O–H groups in total. The number of nitrogens with zero attached hydrogens (tertiary/aromatic N) is 3. The summed E-state index contributed by atoms with van der Waals surface area (Å²) in [6, 6.07) is 2.02. The maximum absolute atomic E-state index is 4.30. The van der Waals surface area contributed by atoms with E-state index in [1.54, 1.807) is 17.7 Å². The van der Waals surface area contributed by atoms with Gasteiger partial charge < -0.3 is 5.32 Å². The molecule has 3 rings (SSSR count). The minimum absolute atomic E-state index is 0.897. The van der Waals surface area contributed by atoms with Gasteiger partial charge in [0.25, 0.3) is 0 Å². The van der Waals surface area contributed by atoms with E-state index in [0.717, 1.165) is 41.1 Å². The first-order valence-electron chi connectivity index (χ1n) is 6.25. The maximum atomic E-state index is 4.30. The van der Waals surface area contributed by atoms with Gasteiger partial charge in [0.2, 0.25) is 0 Å². The molecule has 0 bridgehead atoms. The second-order valence-corrected chi connectivity index (χ2v) is 5.32. The van der Waals surface area contributed by atoms with Crippen LogP contribution in [-0.4, -0.2) is 26.7 Å². The van der Waals surface area contributed by atoms with Crippen LogP contribution < -0.4 is 5.32 Å². The molecule has 0 radical (unpaired) electrons. The third-order valence-electron chi connectivity index (χ3n) is 3.09. The van der Waals surface area contributed by atoms with E-state index >= 15 is 0 Å². The summed E-state index contributed by atoms with van der Waals surface area (Å²) < 4.78 is 1.13. The molecule has 0 fully saturated rings. The Balaban J connectivity index is 1.58. The Morgan fingerprint density at radius 1 is 1.37 bits per heavy atom. The summed E-state index contributed by atoms with van der Waals surface area (Å²) in [7, 11) is 0. The van der Waals surface area contributed by atoms with Crippen molar-refractivity contribution in [2.45, 2.75) is 19.8 Å². The summed E-state index contributed by atoms with van der Waals surface area (Å²) in [6.07, 6.45) is 5.58. The van der Waals surface area contributed by atoms with Crippen molar-refractivity contribution in [3.8, 4) is 0 Å². The maximum Gasteiger partial charge on any atom is 0.147 e. The van der Waals surface area contributed by atoms with E-state index in [-0.39, 0.29) is 0 Å². The van der Waals surface area contributed by atoms with Gasteiger partial charge in [0, 0.05) is 12.2 Å². The van der Waals surface area contributed by atoms with Crippen LogP contribution in [0.4, 0.5) is 5.82 Å². The number of aromatic nitrogens is 4. The first-order valence-corrected chi connectivity index (χ1v) is 7.13. The molecule has 0 amide bonds. The van der Waals surface area contributed by atoms with Crippen LogP contribution in [0.5, 0.6) is 0 Å². The average molecular weight is 273 g/mol. The highest BCUT2D eigenvalue weighted by Gasteiger charge is 2.04. The van der Waals surface area contributed by atoms with Crippen LogP contribution in [0, 0.1) is 6.92 Å². The van der Waals surface area contributed by atoms with Crippen LogP contribution in [0.15, 0.2) is 24.0 Å². The molecule has 0 aliphatic carbocycles. The Labute approximate surface area is 115 Å². The quantitative estimate of drug-likeness (QED) is 0.701. The van der Waals surface area contributed by atoms with E-state index in [1.807, 2.05) is 17.6 Å². The van der Waals surface area contributed by atoms with E-state index in [2.05, 4.69) is 32.4 Å². The molecule has 0 atom stereocenters. The highest BCUT2D eigenvalue weighted by Crippen LogP contribution is 2.24. The molecule has 5 nitrogen and oxygen atoms in total. The number of nitrogens with one attached hydrogen (secondary N) is 2. The Hall–Kier alpha value is -1.95. The van der Waals surface area contributed by atoms with Gasteiger partial charge in [-0.05, 0) is 36.8 Å². The average Bonchev–Trinajstić information content (AvgIpc) is 3.04.